The summed E-state index contributed by atoms with van der Waals surface area (Å²) in [6.45, 7) is 9.24. The van der Waals surface area contributed by atoms with Crippen molar-refractivity contribution in [3.05, 3.63) is 53.3 Å². The van der Waals surface area contributed by atoms with Crippen LogP contribution in [0.5, 0.6) is 0 Å². The maximum Gasteiger partial charge on any atom is 0.272 e. The van der Waals surface area contributed by atoms with E-state index in [9.17, 15) is 4.79 Å². The fraction of sp³-hybridized carbons (Fsp3) is 0.474. The number of carbonyl (C=O) groups is 1. The van der Waals surface area contributed by atoms with E-state index in [1.165, 1.54) is 0 Å². The first kappa shape index (κ1) is 16.7. The zero-order valence-corrected chi connectivity index (χ0v) is 14.8. The second-order valence-corrected chi connectivity index (χ2v) is 6.45. The third-order valence-electron chi connectivity index (χ3n) is 4.65. The first-order chi connectivity index (χ1) is 11.5. The van der Waals surface area contributed by atoms with E-state index in [4.69, 9.17) is 4.74 Å². The lowest BCUT2D eigenvalue weighted by molar-refractivity contribution is -0.0809. The number of amides is 1. The molecule has 1 saturated heterocycles. The normalized spacial score (nSPS) is 24.2. The minimum Gasteiger partial charge on any atom is -0.369 e. The molecular formula is C19H25N3O2. The van der Waals surface area contributed by atoms with Gasteiger partial charge in [-0.25, -0.2) is 0 Å². The number of hydrogen-bond acceptors (Lipinski definition) is 3. The Kier molecular flexibility index (Phi) is 4.71. The summed E-state index contributed by atoms with van der Waals surface area (Å²) in [4.78, 5) is 15.1. The quantitative estimate of drug-likeness (QED) is 0.870. The van der Waals surface area contributed by atoms with Crippen molar-refractivity contribution in [2.45, 2.75) is 52.4 Å². The van der Waals surface area contributed by atoms with E-state index in [1.54, 1.807) is 4.68 Å². The van der Waals surface area contributed by atoms with E-state index < -0.39 is 0 Å². The van der Waals surface area contributed by atoms with Gasteiger partial charge in [0.1, 0.15) is 11.8 Å². The molecule has 1 amide bonds. The molecule has 1 aliphatic heterocycles. The summed E-state index contributed by atoms with van der Waals surface area (Å²) in [5.41, 5.74) is 2.63. The molecule has 3 atom stereocenters. The highest BCUT2D eigenvalue weighted by Gasteiger charge is 2.38. The van der Waals surface area contributed by atoms with Gasteiger partial charge in [0.15, 0.2) is 0 Å². The zero-order chi connectivity index (χ0) is 17.3. The molecule has 0 aliphatic carbocycles. The number of carbonyl (C=O) groups excluding carboxylic acids is 1. The standard InChI is InChI=1S/C19H25N3O2/c1-5-21-17(11-13(2)20-21)19(23)22-14(3)12-24-18(15(22)4)16-9-7-6-8-10-16/h6-11,14-15,18H,5,12H2,1-4H3/t14-,15-,18+/m0/s1. The topological polar surface area (TPSA) is 47.4 Å². The van der Waals surface area contributed by atoms with Gasteiger partial charge < -0.3 is 9.64 Å². The molecule has 0 N–H and O–H groups in total. The summed E-state index contributed by atoms with van der Waals surface area (Å²) in [6.07, 6.45) is -0.106. The van der Waals surface area contributed by atoms with Gasteiger partial charge >= 0.3 is 0 Å². The van der Waals surface area contributed by atoms with Crippen LogP contribution < -0.4 is 0 Å². The van der Waals surface area contributed by atoms with Crippen LogP contribution in [0, 0.1) is 6.92 Å². The molecule has 0 spiro atoms. The van der Waals surface area contributed by atoms with E-state index in [0.29, 0.717) is 18.8 Å². The molecule has 3 rings (SSSR count). The van der Waals surface area contributed by atoms with Crippen LogP contribution in [0.4, 0.5) is 0 Å². The van der Waals surface area contributed by atoms with Gasteiger partial charge in [-0.15, -0.1) is 0 Å². The molecule has 2 heterocycles. The first-order valence-corrected chi connectivity index (χ1v) is 8.56. The van der Waals surface area contributed by atoms with Gasteiger partial charge in [-0.1, -0.05) is 30.3 Å². The van der Waals surface area contributed by atoms with Crippen LogP contribution in [0.15, 0.2) is 36.4 Å². The first-order valence-electron chi connectivity index (χ1n) is 8.56. The number of morpholine rings is 1. The van der Waals surface area contributed by atoms with Gasteiger partial charge in [-0.05, 0) is 39.3 Å². The summed E-state index contributed by atoms with van der Waals surface area (Å²) in [7, 11) is 0. The van der Waals surface area contributed by atoms with Crippen LogP contribution >= 0.6 is 0 Å². The molecule has 0 saturated carbocycles. The minimum absolute atomic E-state index is 0.0293. The molecule has 0 bridgehead atoms. The third kappa shape index (κ3) is 2.96. The van der Waals surface area contributed by atoms with Gasteiger partial charge in [0.05, 0.1) is 24.4 Å². The SMILES string of the molecule is CCn1nc(C)cc1C(=O)N1[C@@H](C)CO[C@@H](c2ccccc2)[C@@H]1C. The summed E-state index contributed by atoms with van der Waals surface area (Å²) < 4.78 is 7.83. The van der Waals surface area contributed by atoms with E-state index in [2.05, 4.69) is 24.2 Å². The Hall–Kier alpha value is -2.14. The second kappa shape index (κ2) is 6.77. The van der Waals surface area contributed by atoms with Crippen molar-refractivity contribution in [1.29, 1.82) is 0 Å². The predicted molar refractivity (Wildman–Crippen MR) is 92.9 cm³/mol. The lowest BCUT2D eigenvalue weighted by atomic mass is 9.98. The highest BCUT2D eigenvalue weighted by molar-refractivity contribution is 5.93. The zero-order valence-electron chi connectivity index (χ0n) is 14.8. The van der Waals surface area contributed by atoms with Crippen molar-refractivity contribution in [2.75, 3.05) is 6.61 Å². The van der Waals surface area contributed by atoms with Gasteiger partial charge in [-0.3, -0.25) is 9.48 Å². The summed E-state index contributed by atoms with van der Waals surface area (Å²) in [5.74, 6) is 0.0293. The molecule has 1 aromatic carbocycles. The smallest absolute Gasteiger partial charge is 0.272 e. The minimum atomic E-state index is -0.106. The maximum atomic E-state index is 13.2. The van der Waals surface area contributed by atoms with Gasteiger partial charge in [0.25, 0.3) is 5.91 Å². The van der Waals surface area contributed by atoms with Crippen LogP contribution in [-0.4, -0.2) is 39.3 Å². The van der Waals surface area contributed by atoms with Gasteiger partial charge in [0, 0.05) is 6.54 Å². The number of rotatable bonds is 3. The molecule has 1 aromatic heterocycles. The number of aromatic nitrogens is 2. The van der Waals surface area contributed by atoms with E-state index in [-0.39, 0.29) is 24.1 Å². The third-order valence-corrected chi connectivity index (χ3v) is 4.65. The predicted octanol–water partition coefficient (Wildman–Crippen LogP) is 3.20. The molecule has 0 unspecified atom stereocenters. The number of aryl methyl sites for hydroxylation is 2. The second-order valence-electron chi connectivity index (χ2n) is 6.45. The largest absolute Gasteiger partial charge is 0.369 e. The summed E-state index contributed by atoms with van der Waals surface area (Å²) in [6, 6.07) is 12.0. The van der Waals surface area contributed by atoms with Crippen LogP contribution in [0.3, 0.4) is 0 Å². The Morgan fingerprint density at radius 3 is 2.67 bits per heavy atom. The van der Waals surface area contributed by atoms with Crippen molar-refractivity contribution in [1.82, 2.24) is 14.7 Å². The monoisotopic (exact) mass is 327 g/mol. The highest BCUT2D eigenvalue weighted by atomic mass is 16.5. The molecule has 128 valence electrons. The molecule has 5 nitrogen and oxygen atoms in total. The fourth-order valence-corrected chi connectivity index (χ4v) is 3.50. The number of benzene rings is 1. The van der Waals surface area contributed by atoms with Gasteiger partial charge in [-0.2, -0.15) is 5.10 Å². The molecular weight excluding hydrogens is 302 g/mol. The fourth-order valence-electron chi connectivity index (χ4n) is 3.50. The number of nitrogens with zero attached hydrogens (tertiary/aromatic N) is 3. The molecule has 24 heavy (non-hydrogen) atoms. The van der Waals surface area contributed by atoms with Crippen molar-refractivity contribution < 1.29 is 9.53 Å². The summed E-state index contributed by atoms with van der Waals surface area (Å²) >= 11 is 0. The molecule has 1 fully saturated rings. The van der Waals surface area contributed by atoms with Gasteiger partial charge in [0.2, 0.25) is 0 Å². The molecule has 1 aliphatic rings. The Morgan fingerprint density at radius 1 is 1.29 bits per heavy atom. The maximum absolute atomic E-state index is 13.2. The van der Waals surface area contributed by atoms with Crippen molar-refractivity contribution in [3.63, 3.8) is 0 Å². The summed E-state index contributed by atoms with van der Waals surface area (Å²) in [5, 5.41) is 4.41. The van der Waals surface area contributed by atoms with E-state index in [0.717, 1.165) is 11.3 Å². The van der Waals surface area contributed by atoms with Crippen LogP contribution in [-0.2, 0) is 11.3 Å². The average Bonchev–Trinajstić information content (AvgIpc) is 2.96. The number of ether oxygens (including phenoxy) is 1. The lowest BCUT2D eigenvalue weighted by Crippen LogP contribution is -2.54. The van der Waals surface area contributed by atoms with E-state index >= 15 is 0 Å². The average molecular weight is 327 g/mol. The lowest BCUT2D eigenvalue weighted by Gasteiger charge is -2.43. The Morgan fingerprint density at radius 2 is 2.00 bits per heavy atom. The van der Waals surface area contributed by atoms with Crippen molar-refractivity contribution >= 4 is 5.91 Å². The van der Waals surface area contributed by atoms with Crippen molar-refractivity contribution in [3.8, 4) is 0 Å². The molecule has 0 radical (unpaired) electrons. The van der Waals surface area contributed by atoms with Crippen molar-refractivity contribution in [2.24, 2.45) is 0 Å². The van der Waals surface area contributed by atoms with Crippen LogP contribution in [0.25, 0.3) is 0 Å². The highest BCUT2D eigenvalue weighted by Crippen LogP contribution is 2.32. The van der Waals surface area contributed by atoms with Crippen LogP contribution in [0.1, 0.15) is 48.6 Å². The molecule has 5 heteroatoms. The van der Waals surface area contributed by atoms with E-state index in [1.807, 2.05) is 49.9 Å². The molecule has 2 aromatic rings. The Labute approximate surface area is 143 Å². The Balaban J connectivity index is 1.91. The number of hydrogen-bond donors (Lipinski definition) is 0. The van der Waals surface area contributed by atoms with Crippen LogP contribution in [0.2, 0.25) is 0 Å². The Bertz CT molecular complexity index is 711.